The third kappa shape index (κ3) is 4.90. The number of rotatable bonds is 7. The molecule has 0 atom stereocenters. The molecule has 0 aliphatic carbocycles. The van der Waals surface area contributed by atoms with Gasteiger partial charge in [-0.2, -0.15) is 0 Å². The van der Waals surface area contributed by atoms with Gasteiger partial charge in [-0.3, -0.25) is 19.7 Å². The molecule has 1 aromatic carbocycles. The molecule has 7 nitrogen and oxygen atoms in total. The highest BCUT2D eigenvalue weighted by Crippen LogP contribution is 2.18. The molecule has 0 aliphatic heterocycles. The van der Waals surface area contributed by atoms with Crippen molar-refractivity contribution in [3.8, 4) is 0 Å². The topological polar surface area (TPSA) is 101 Å². The fourth-order valence-corrected chi connectivity index (χ4v) is 1.61. The minimum atomic E-state index is -1.15. The largest absolute Gasteiger partial charge is 0.480 e. The van der Waals surface area contributed by atoms with E-state index in [1.54, 1.807) is 6.07 Å². The van der Waals surface area contributed by atoms with Crippen molar-refractivity contribution in [2.45, 2.75) is 0 Å². The van der Waals surface area contributed by atoms with E-state index in [1.165, 1.54) is 30.4 Å². The van der Waals surface area contributed by atoms with Gasteiger partial charge in [-0.15, -0.1) is 6.58 Å². The average Bonchev–Trinajstić information content (AvgIpc) is 2.44. The summed E-state index contributed by atoms with van der Waals surface area (Å²) in [6, 6.07) is 5.95. The quantitative estimate of drug-likeness (QED) is 0.356. The predicted molar refractivity (Wildman–Crippen MR) is 76.5 cm³/mol. The van der Waals surface area contributed by atoms with Gasteiger partial charge in [0.2, 0.25) is 5.91 Å². The number of hydrogen-bond donors (Lipinski definition) is 1. The zero-order chi connectivity index (χ0) is 15.8. The number of nitrogens with zero attached hydrogens (tertiary/aromatic N) is 2. The van der Waals surface area contributed by atoms with E-state index in [1.807, 2.05) is 0 Å². The van der Waals surface area contributed by atoms with Gasteiger partial charge in [-0.25, -0.2) is 0 Å². The maximum absolute atomic E-state index is 11.9. The zero-order valence-corrected chi connectivity index (χ0v) is 11.1. The van der Waals surface area contributed by atoms with Gasteiger partial charge in [-0.05, 0) is 12.1 Å². The Labute approximate surface area is 121 Å². The summed E-state index contributed by atoms with van der Waals surface area (Å²) in [5, 5.41) is 19.6. The number of hydrogen-bond acceptors (Lipinski definition) is 4. The van der Waals surface area contributed by atoms with E-state index in [0.29, 0.717) is 0 Å². The lowest BCUT2D eigenvalue weighted by Gasteiger charge is -2.16. The third-order valence-corrected chi connectivity index (χ3v) is 2.53. The Morgan fingerprint density at radius 1 is 1.38 bits per heavy atom. The first kappa shape index (κ1) is 16.1. The highest BCUT2D eigenvalue weighted by atomic mass is 16.6. The molecular weight excluding hydrogens is 276 g/mol. The SMILES string of the molecule is C=CCN(CC(=O)O)C(=O)C=Cc1ccccc1[N+](=O)[O-]. The van der Waals surface area contributed by atoms with E-state index in [9.17, 15) is 19.7 Å². The minimum absolute atomic E-state index is 0.0758. The Morgan fingerprint density at radius 3 is 2.62 bits per heavy atom. The smallest absolute Gasteiger partial charge is 0.323 e. The van der Waals surface area contributed by atoms with Gasteiger partial charge in [-0.1, -0.05) is 18.2 Å². The number of aliphatic carboxylic acids is 1. The molecule has 0 radical (unpaired) electrons. The fraction of sp³-hybridized carbons (Fsp3) is 0.143. The average molecular weight is 290 g/mol. The molecule has 110 valence electrons. The van der Waals surface area contributed by atoms with Gasteiger partial charge in [0.1, 0.15) is 6.54 Å². The predicted octanol–water partition coefficient (Wildman–Crippen LogP) is 1.71. The molecule has 1 N–H and O–H groups in total. The molecule has 0 aliphatic rings. The van der Waals surface area contributed by atoms with Crippen LogP contribution in [0.3, 0.4) is 0 Å². The summed E-state index contributed by atoms with van der Waals surface area (Å²) in [6.07, 6.45) is 3.80. The fourth-order valence-electron chi connectivity index (χ4n) is 1.61. The Bertz CT molecular complexity index is 595. The Hall–Kier alpha value is -2.96. The van der Waals surface area contributed by atoms with Gasteiger partial charge in [0.15, 0.2) is 0 Å². The molecule has 21 heavy (non-hydrogen) atoms. The van der Waals surface area contributed by atoms with Crippen LogP contribution in [-0.4, -0.2) is 39.9 Å². The Balaban J connectivity index is 2.92. The normalized spacial score (nSPS) is 10.3. The van der Waals surface area contributed by atoms with Crippen molar-refractivity contribution < 1.29 is 19.6 Å². The molecule has 0 spiro atoms. The summed E-state index contributed by atoms with van der Waals surface area (Å²) in [4.78, 5) is 33.9. The van der Waals surface area contributed by atoms with E-state index in [2.05, 4.69) is 6.58 Å². The number of carboxylic acid groups (broad SMARTS) is 1. The molecule has 0 bridgehead atoms. The third-order valence-electron chi connectivity index (χ3n) is 2.53. The molecule has 7 heteroatoms. The molecule has 0 aromatic heterocycles. The standard InChI is InChI=1S/C14H14N2O5/c1-2-9-15(10-14(18)19)13(17)8-7-11-5-3-4-6-12(11)16(20)21/h2-8H,1,9-10H2,(H,18,19). The molecule has 0 fully saturated rings. The second kappa shape index (κ2) is 7.59. The van der Waals surface area contributed by atoms with Crippen molar-refractivity contribution in [3.63, 3.8) is 0 Å². The molecule has 0 unspecified atom stereocenters. The van der Waals surface area contributed by atoms with Crippen LogP contribution in [0.15, 0.2) is 43.0 Å². The monoisotopic (exact) mass is 290 g/mol. The molecule has 0 saturated carbocycles. The van der Waals surface area contributed by atoms with Gasteiger partial charge in [0.25, 0.3) is 5.69 Å². The van der Waals surface area contributed by atoms with E-state index < -0.39 is 23.3 Å². The number of carboxylic acids is 1. The maximum Gasteiger partial charge on any atom is 0.323 e. The summed E-state index contributed by atoms with van der Waals surface area (Å²) < 4.78 is 0. The molecule has 1 aromatic rings. The van der Waals surface area contributed by atoms with Crippen molar-refractivity contribution >= 4 is 23.6 Å². The number of para-hydroxylation sites is 1. The van der Waals surface area contributed by atoms with Crippen LogP contribution in [0.4, 0.5) is 5.69 Å². The van der Waals surface area contributed by atoms with Crippen molar-refractivity contribution in [2.75, 3.05) is 13.1 Å². The number of nitro groups is 1. The molecule has 0 heterocycles. The number of carbonyl (C=O) groups excluding carboxylic acids is 1. The summed E-state index contributed by atoms with van der Waals surface area (Å²) in [7, 11) is 0. The first-order valence-electron chi connectivity index (χ1n) is 5.98. The van der Waals surface area contributed by atoms with E-state index in [4.69, 9.17) is 5.11 Å². The van der Waals surface area contributed by atoms with Crippen LogP contribution >= 0.6 is 0 Å². The number of carbonyl (C=O) groups is 2. The lowest BCUT2D eigenvalue weighted by molar-refractivity contribution is -0.385. The number of amides is 1. The number of nitro benzene ring substituents is 1. The van der Waals surface area contributed by atoms with E-state index in [0.717, 1.165) is 11.0 Å². The molecule has 1 amide bonds. The minimum Gasteiger partial charge on any atom is -0.480 e. The Kier molecular flexibility index (Phi) is 5.81. The zero-order valence-electron chi connectivity index (χ0n) is 11.1. The van der Waals surface area contributed by atoms with Gasteiger partial charge < -0.3 is 10.0 Å². The summed E-state index contributed by atoms with van der Waals surface area (Å²) >= 11 is 0. The highest BCUT2D eigenvalue weighted by molar-refractivity contribution is 5.94. The number of benzene rings is 1. The van der Waals surface area contributed by atoms with E-state index in [-0.39, 0.29) is 17.8 Å². The first-order valence-corrected chi connectivity index (χ1v) is 5.98. The lowest BCUT2D eigenvalue weighted by atomic mass is 10.1. The second-order valence-electron chi connectivity index (χ2n) is 4.05. The van der Waals surface area contributed by atoms with Crippen molar-refractivity contribution in [3.05, 3.63) is 58.7 Å². The van der Waals surface area contributed by atoms with Crippen LogP contribution in [0.25, 0.3) is 6.08 Å². The summed E-state index contributed by atoms with van der Waals surface area (Å²) in [5.74, 6) is -1.71. The second-order valence-corrected chi connectivity index (χ2v) is 4.05. The Morgan fingerprint density at radius 2 is 2.05 bits per heavy atom. The molecule has 1 rings (SSSR count). The lowest BCUT2D eigenvalue weighted by Crippen LogP contribution is -2.34. The van der Waals surface area contributed by atoms with Crippen LogP contribution < -0.4 is 0 Å². The molecule has 0 saturated heterocycles. The summed E-state index contributed by atoms with van der Waals surface area (Å²) in [6.45, 7) is 3.06. The van der Waals surface area contributed by atoms with Crippen molar-refractivity contribution in [1.82, 2.24) is 4.90 Å². The van der Waals surface area contributed by atoms with Crippen LogP contribution in [-0.2, 0) is 9.59 Å². The maximum atomic E-state index is 11.9. The van der Waals surface area contributed by atoms with Gasteiger partial charge >= 0.3 is 5.97 Å². The highest BCUT2D eigenvalue weighted by Gasteiger charge is 2.14. The van der Waals surface area contributed by atoms with Crippen LogP contribution in [0, 0.1) is 10.1 Å². The van der Waals surface area contributed by atoms with Crippen molar-refractivity contribution in [1.29, 1.82) is 0 Å². The van der Waals surface area contributed by atoms with Crippen LogP contribution in [0.2, 0.25) is 0 Å². The van der Waals surface area contributed by atoms with E-state index >= 15 is 0 Å². The van der Waals surface area contributed by atoms with Gasteiger partial charge in [0, 0.05) is 18.7 Å². The van der Waals surface area contributed by atoms with Gasteiger partial charge in [0.05, 0.1) is 10.5 Å². The van der Waals surface area contributed by atoms with Crippen LogP contribution in [0.1, 0.15) is 5.56 Å². The molecular formula is C14H14N2O5. The van der Waals surface area contributed by atoms with Crippen LogP contribution in [0.5, 0.6) is 0 Å². The summed E-state index contributed by atoms with van der Waals surface area (Å²) in [5.41, 5.74) is 0.139. The first-order chi connectivity index (χ1) is 9.95. The van der Waals surface area contributed by atoms with Crippen molar-refractivity contribution in [2.24, 2.45) is 0 Å².